The Bertz CT molecular complexity index is 2230. The van der Waals surface area contributed by atoms with Gasteiger partial charge in [0.25, 0.3) is 5.91 Å². The number of halogens is 1. The number of likely N-dealkylation sites (tertiary alicyclic amines) is 1. The van der Waals surface area contributed by atoms with Crippen LogP contribution in [0.5, 0.6) is 5.75 Å². The molecule has 3 heterocycles. The topological polar surface area (TPSA) is 131 Å². The highest BCUT2D eigenvalue weighted by Crippen LogP contribution is 2.47. The van der Waals surface area contributed by atoms with Gasteiger partial charge >= 0.3 is 0 Å². The molecule has 2 saturated heterocycles. The number of carbonyl (C=O) groups is 5. The minimum absolute atomic E-state index is 0.128. The van der Waals surface area contributed by atoms with Crippen LogP contribution in [0, 0.1) is 5.92 Å². The van der Waals surface area contributed by atoms with Crippen molar-refractivity contribution >= 4 is 36.5 Å². The van der Waals surface area contributed by atoms with Crippen LogP contribution in [0.25, 0.3) is 0 Å². The maximum Gasteiger partial charge on any atom is 0.254 e. The summed E-state index contributed by atoms with van der Waals surface area (Å²) < 4.78 is 13.9. The highest BCUT2D eigenvalue weighted by atomic mass is 19.1. The van der Waals surface area contributed by atoms with Gasteiger partial charge in [-0.05, 0) is 121 Å². The number of alkyl halides is 1. The molecule has 12 heteroatoms. The molecular formula is C50H58FN5O6. The number of fused-ring (bicyclic) bond motifs is 2. The van der Waals surface area contributed by atoms with E-state index in [1.807, 2.05) is 6.07 Å². The van der Waals surface area contributed by atoms with E-state index in [0.717, 1.165) is 75.1 Å². The maximum absolute atomic E-state index is 13.9. The summed E-state index contributed by atoms with van der Waals surface area (Å²) in [6, 6.07) is 28.0. The summed E-state index contributed by atoms with van der Waals surface area (Å²) in [6.07, 6.45) is 6.57. The lowest BCUT2D eigenvalue weighted by atomic mass is 9.69. The molecule has 0 aromatic heterocycles. The van der Waals surface area contributed by atoms with Crippen molar-refractivity contribution in [1.29, 1.82) is 0 Å². The third kappa shape index (κ3) is 10.1. The predicted octanol–water partition coefficient (Wildman–Crippen LogP) is 6.65. The molecule has 3 aliphatic heterocycles. The van der Waals surface area contributed by atoms with E-state index in [2.05, 4.69) is 75.8 Å². The maximum atomic E-state index is 13.9. The molecule has 4 aromatic carbocycles. The quantitative estimate of drug-likeness (QED) is 0.143. The Morgan fingerprint density at radius 1 is 0.903 bits per heavy atom. The largest absolute Gasteiger partial charge is 0.508 e. The zero-order chi connectivity index (χ0) is 44.0. The number of nitrogens with zero attached hydrogens (tertiary/aromatic N) is 4. The van der Waals surface area contributed by atoms with E-state index < -0.39 is 17.6 Å². The van der Waals surface area contributed by atoms with Crippen LogP contribution in [0.4, 0.5) is 10.1 Å². The molecule has 3 atom stereocenters. The molecule has 2 N–H and O–H groups in total. The number of likely N-dealkylation sites (N-methyl/N-ethyl adjacent to an activating group) is 1. The minimum atomic E-state index is -1.07. The molecule has 2 fully saturated rings. The first-order valence-corrected chi connectivity index (χ1v) is 21.8. The SMILES string of the molecule is CC1(F)CN(c2ccc([C@@H]3c4ccc(O)cc4CC[C@@H]3c3ccccc3)cc2)C1.CNC(=O)CCC(C=O)N(C)C(=O)c1cc2c(cc1C=O)CN(CC1CCN(C=O)CC1)C2. The van der Waals surface area contributed by atoms with Crippen LogP contribution < -0.4 is 10.2 Å². The molecule has 1 aliphatic carbocycles. The van der Waals surface area contributed by atoms with E-state index in [-0.39, 0.29) is 30.2 Å². The van der Waals surface area contributed by atoms with Gasteiger partial charge in [0, 0.05) is 70.4 Å². The van der Waals surface area contributed by atoms with Gasteiger partial charge in [0.05, 0.1) is 24.7 Å². The fourth-order valence-electron chi connectivity index (χ4n) is 9.76. The minimum Gasteiger partial charge on any atom is -0.508 e. The first-order valence-electron chi connectivity index (χ1n) is 21.8. The molecule has 0 bridgehead atoms. The Hall–Kier alpha value is -5.88. The molecule has 0 radical (unpaired) electrons. The van der Waals surface area contributed by atoms with Crippen molar-refractivity contribution in [2.24, 2.45) is 5.92 Å². The molecule has 0 spiro atoms. The average molecular weight is 844 g/mol. The number of piperidine rings is 1. The number of aryl methyl sites for hydroxylation is 1. The molecule has 1 unspecified atom stereocenters. The van der Waals surface area contributed by atoms with E-state index in [1.54, 1.807) is 30.0 Å². The lowest BCUT2D eigenvalue weighted by molar-refractivity contribution is -0.121. The molecule has 3 amide bonds. The third-order valence-corrected chi connectivity index (χ3v) is 13.2. The Morgan fingerprint density at radius 2 is 1.60 bits per heavy atom. The second-order valence-electron chi connectivity index (χ2n) is 17.7. The summed E-state index contributed by atoms with van der Waals surface area (Å²) in [7, 11) is 3.04. The summed E-state index contributed by atoms with van der Waals surface area (Å²) in [5.74, 6) is 0.889. The molecule has 326 valence electrons. The average Bonchev–Trinajstić information content (AvgIpc) is 3.68. The second kappa shape index (κ2) is 19.4. The summed E-state index contributed by atoms with van der Waals surface area (Å²) in [4.78, 5) is 66.5. The van der Waals surface area contributed by atoms with E-state index in [9.17, 15) is 33.5 Å². The first kappa shape index (κ1) is 44.2. The fourth-order valence-corrected chi connectivity index (χ4v) is 9.76. The van der Waals surface area contributed by atoms with Crippen LogP contribution in [0.15, 0.2) is 84.9 Å². The van der Waals surface area contributed by atoms with Gasteiger partial charge in [0.1, 0.15) is 17.7 Å². The van der Waals surface area contributed by atoms with Gasteiger partial charge in [-0.3, -0.25) is 24.1 Å². The van der Waals surface area contributed by atoms with Crippen molar-refractivity contribution in [1.82, 2.24) is 20.0 Å². The number of hydrogen-bond donors (Lipinski definition) is 2. The van der Waals surface area contributed by atoms with Crippen LogP contribution in [-0.2, 0) is 33.9 Å². The van der Waals surface area contributed by atoms with Gasteiger partial charge in [-0.25, -0.2) is 4.39 Å². The number of aldehydes is 2. The standard InChI is InChI=1S/C26H26FNO.C24H32N4O5/c1-26(27)16-28(17-26)21-10-7-19(8-11-21)25-23(18-5-3-2-4-6-18)13-9-20-15-22(29)12-14-24(20)25;1-25-23(32)4-3-21(15-30)26(2)24(33)22-10-19-13-28(12-18(19)9-20(22)14-29)11-17-5-7-27(16-31)8-6-17/h2-8,10-12,14-15,23,25,29H,9,13,16-17H2,1H3;9-10,14-17,21H,3-8,11-13H2,1-2H3,(H,25,32)/t23-,25+;/m1./s1. The summed E-state index contributed by atoms with van der Waals surface area (Å²) in [5, 5.41) is 12.5. The van der Waals surface area contributed by atoms with E-state index in [4.69, 9.17) is 0 Å². The molecular weight excluding hydrogens is 786 g/mol. The van der Waals surface area contributed by atoms with Crippen molar-refractivity contribution in [2.75, 3.05) is 51.7 Å². The zero-order valence-electron chi connectivity index (χ0n) is 36.0. The summed E-state index contributed by atoms with van der Waals surface area (Å²) in [6.45, 7) is 6.48. The van der Waals surface area contributed by atoms with Crippen molar-refractivity contribution in [2.45, 2.75) is 82.1 Å². The van der Waals surface area contributed by atoms with Crippen LogP contribution in [0.2, 0.25) is 0 Å². The van der Waals surface area contributed by atoms with Gasteiger partial charge in [0.2, 0.25) is 12.3 Å². The van der Waals surface area contributed by atoms with Crippen LogP contribution in [-0.4, -0.2) is 109 Å². The molecule has 11 nitrogen and oxygen atoms in total. The number of phenols is 1. The number of amides is 3. The van der Waals surface area contributed by atoms with Gasteiger partial charge in [-0.1, -0.05) is 48.5 Å². The van der Waals surface area contributed by atoms with Crippen molar-refractivity contribution in [3.8, 4) is 5.75 Å². The van der Waals surface area contributed by atoms with Gasteiger partial charge in [-0.15, -0.1) is 0 Å². The van der Waals surface area contributed by atoms with Crippen LogP contribution >= 0.6 is 0 Å². The highest BCUT2D eigenvalue weighted by molar-refractivity contribution is 6.02. The van der Waals surface area contributed by atoms with Crippen LogP contribution in [0.3, 0.4) is 0 Å². The Morgan fingerprint density at radius 3 is 2.23 bits per heavy atom. The molecule has 62 heavy (non-hydrogen) atoms. The Balaban J connectivity index is 0.000000188. The zero-order valence-corrected chi connectivity index (χ0v) is 36.0. The van der Waals surface area contributed by atoms with E-state index in [1.165, 1.54) is 41.2 Å². The number of carbonyl (C=O) groups excluding carboxylic acids is 5. The van der Waals surface area contributed by atoms with Crippen LogP contribution in [0.1, 0.15) is 105 Å². The Labute approximate surface area is 363 Å². The lowest BCUT2D eigenvalue weighted by Crippen LogP contribution is -2.57. The van der Waals surface area contributed by atoms with Crippen molar-refractivity contribution in [3.63, 3.8) is 0 Å². The van der Waals surface area contributed by atoms with Gasteiger partial charge < -0.3 is 29.9 Å². The predicted molar refractivity (Wildman–Crippen MR) is 237 cm³/mol. The number of nitrogens with one attached hydrogen (secondary N) is 1. The highest BCUT2D eigenvalue weighted by Gasteiger charge is 2.39. The fraction of sp³-hybridized carbons (Fsp3) is 0.420. The number of anilines is 1. The number of benzene rings is 4. The van der Waals surface area contributed by atoms with E-state index >= 15 is 0 Å². The second-order valence-corrected chi connectivity index (χ2v) is 17.7. The smallest absolute Gasteiger partial charge is 0.254 e. The Kier molecular flexibility index (Phi) is 13.9. The van der Waals surface area contributed by atoms with Gasteiger partial charge in [-0.2, -0.15) is 0 Å². The third-order valence-electron chi connectivity index (χ3n) is 13.2. The number of phenolic OH excluding ortho intramolecular Hbond substituents is 1. The molecule has 0 saturated carbocycles. The lowest BCUT2D eigenvalue weighted by Gasteiger charge is -2.44. The first-order chi connectivity index (χ1) is 29.9. The molecule has 4 aliphatic rings. The summed E-state index contributed by atoms with van der Waals surface area (Å²) in [5.41, 5.74) is 7.82. The van der Waals surface area contributed by atoms with Crippen molar-refractivity contribution < 1.29 is 33.5 Å². The summed E-state index contributed by atoms with van der Waals surface area (Å²) >= 11 is 0. The van der Waals surface area contributed by atoms with Gasteiger partial charge in [0.15, 0.2) is 6.29 Å². The molecule has 8 rings (SSSR count). The normalized spacial score (nSPS) is 19.7. The molecule has 4 aromatic rings. The van der Waals surface area contributed by atoms with Crippen molar-refractivity contribution in [3.05, 3.63) is 129 Å². The van der Waals surface area contributed by atoms with E-state index in [0.29, 0.717) is 55.4 Å². The number of hydrogen-bond acceptors (Lipinski definition) is 8. The number of aromatic hydroxyl groups is 1. The number of rotatable bonds is 13. The monoisotopic (exact) mass is 843 g/mol.